The molecule has 1 fully saturated rings. The Balaban J connectivity index is 3.03. The highest BCUT2D eigenvalue weighted by Crippen LogP contribution is 2.12. The zero-order valence-electron chi connectivity index (χ0n) is 5.38. The molecule has 1 saturated heterocycles. The van der Waals surface area contributed by atoms with E-state index in [2.05, 4.69) is 0 Å². The molecule has 1 aliphatic rings. The van der Waals surface area contributed by atoms with E-state index in [9.17, 15) is 14.4 Å². The molecule has 4 nitrogen and oxygen atoms in total. The third-order valence-corrected chi connectivity index (χ3v) is 1.39. The summed E-state index contributed by atoms with van der Waals surface area (Å²) in [6.45, 7) is 0. The maximum atomic E-state index is 10.8. The van der Waals surface area contributed by atoms with Gasteiger partial charge in [-0.25, -0.2) is 4.79 Å². The van der Waals surface area contributed by atoms with Gasteiger partial charge in [0.2, 0.25) is 5.91 Å². The van der Waals surface area contributed by atoms with Crippen LogP contribution in [-0.4, -0.2) is 29.7 Å². The molecule has 0 bridgehead atoms. The molecule has 0 radical (unpaired) electrons. The minimum absolute atomic E-state index is 0.0764. The summed E-state index contributed by atoms with van der Waals surface area (Å²) in [5.74, 6) is 0.557. The Morgan fingerprint density at radius 3 is 2.30 bits per heavy atom. The van der Waals surface area contributed by atoms with Crippen molar-refractivity contribution in [2.75, 3.05) is 7.05 Å². The van der Waals surface area contributed by atoms with E-state index in [4.69, 9.17) is 0 Å². The summed E-state index contributed by atoms with van der Waals surface area (Å²) in [4.78, 5) is 32.3. The third kappa shape index (κ3) is 0.748. The Labute approximate surface area is 57.1 Å². The van der Waals surface area contributed by atoms with Crippen molar-refractivity contribution >= 4 is 17.8 Å². The van der Waals surface area contributed by atoms with Crippen molar-refractivity contribution in [2.45, 2.75) is 6.42 Å². The van der Waals surface area contributed by atoms with E-state index in [1.165, 1.54) is 13.0 Å². The fraction of sp³-hybridized carbons (Fsp3) is 0.333. The number of hydrogen-bond donors (Lipinski definition) is 0. The zero-order chi connectivity index (χ0) is 7.72. The number of amides is 2. The summed E-state index contributed by atoms with van der Waals surface area (Å²) in [6.07, 6.45) is -0.0984. The van der Waals surface area contributed by atoms with E-state index in [1.807, 2.05) is 0 Å². The van der Waals surface area contributed by atoms with Crippen molar-refractivity contribution in [3.8, 4) is 0 Å². The van der Waals surface area contributed by atoms with Crippen molar-refractivity contribution < 1.29 is 14.4 Å². The van der Waals surface area contributed by atoms with Crippen LogP contribution in [0.2, 0.25) is 0 Å². The van der Waals surface area contributed by atoms with Gasteiger partial charge in [0.25, 0.3) is 5.91 Å². The Morgan fingerprint density at radius 2 is 2.10 bits per heavy atom. The highest BCUT2D eigenvalue weighted by molar-refractivity contribution is 6.16. The molecule has 1 rings (SSSR count). The van der Waals surface area contributed by atoms with Crippen LogP contribution in [0.1, 0.15) is 6.42 Å². The van der Waals surface area contributed by atoms with Crippen molar-refractivity contribution in [3.05, 3.63) is 5.57 Å². The summed E-state index contributed by atoms with van der Waals surface area (Å²) in [7, 11) is 1.34. The van der Waals surface area contributed by atoms with Gasteiger partial charge in [-0.05, 0) is 0 Å². The first-order valence-electron chi connectivity index (χ1n) is 2.71. The van der Waals surface area contributed by atoms with Crippen molar-refractivity contribution in [3.63, 3.8) is 0 Å². The lowest BCUT2D eigenvalue weighted by atomic mass is 10.3. The topological polar surface area (TPSA) is 54.5 Å². The van der Waals surface area contributed by atoms with E-state index in [1.54, 1.807) is 0 Å². The fourth-order valence-electron chi connectivity index (χ4n) is 0.741. The van der Waals surface area contributed by atoms with Crippen LogP contribution in [0.4, 0.5) is 0 Å². The van der Waals surface area contributed by atoms with Gasteiger partial charge in [-0.1, -0.05) is 0 Å². The number of hydrogen-bond acceptors (Lipinski definition) is 3. The van der Waals surface area contributed by atoms with Crippen LogP contribution in [0.3, 0.4) is 0 Å². The summed E-state index contributed by atoms with van der Waals surface area (Å²) in [5, 5.41) is 0. The first-order valence-corrected chi connectivity index (χ1v) is 2.71. The van der Waals surface area contributed by atoms with Gasteiger partial charge in [-0.2, -0.15) is 0 Å². The molecule has 0 unspecified atom stereocenters. The maximum absolute atomic E-state index is 10.8. The molecule has 0 N–H and O–H groups in total. The molecule has 2 amide bonds. The van der Waals surface area contributed by atoms with Crippen LogP contribution in [0.25, 0.3) is 0 Å². The summed E-state index contributed by atoms with van der Waals surface area (Å²) in [6, 6.07) is 0. The van der Waals surface area contributed by atoms with E-state index >= 15 is 0 Å². The molecule has 0 atom stereocenters. The van der Waals surface area contributed by atoms with Gasteiger partial charge in [0.15, 0.2) is 0 Å². The second kappa shape index (κ2) is 2.08. The van der Waals surface area contributed by atoms with Gasteiger partial charge in [0.05, 0.1) is 6.42 Å². The van der Waals surface area contributed by atoms with Crippen molar-refractivity contribution in [2.24, 2.45) is 0 Å². The van der Waals surface area contributed by atoms with Crippen LogP contribution in [-0.2, 0) is 14.4 Å². The molecular formula is C6H5NO3. The van der Waals surface area contributed by atoms with Crippen LogP contribution in [0, 0.1) is 0 Å². The van der Waals surface area contributed by atoms with Gasteiger partial charge < -0.3 is 0 Å². The molecule has 1 heterocycles. The van der Waals surface area contributed by atoms with E-state index < -0.39 is 5.91 Å². The summed E-state index contributed by atoms with van der Waals surface area (Å²) < 4.78 is 0. The second-order valence-electron chi connectivity index (χ2n) is 2.02. The van der Waals surface area contributed by atoms with Crippen LogP contribution < -0.4 is 0 Å². The number of likely N-dealkylation sites (N-methyl/N-ethyl adjacent to an activating group) is 1. The van der Waals surface area contributed by atoms with Gasteiger partial charge >= 0.3 is 0 Å². The predicted octanol–water partition coefficient (Wildman–Crippen LogP) is -0.867. The molecule has 0 aromatic carbocycles. The minimum Gasteiger partial charge on any atom is -0.281 e. The normalized spacial score (nSPS) is 18.1. The molecule has 0 saturated carbocycles. The molecule has 4 heteroatoms. The molecule has 0 aromatic rings. The number of nitrogens with zero attached hydrogens (tertiary/aromatic N) is 1. The molecular weight excluding hydrogens is 134 g/mol. The number of carbonyl (C=O) groups excluding carboxylic acids is 3. The maximum Gasteiger partial charge on any atom is 0.267 e. The third-order valence-electron chi connectivity index (χ3n) is 1.39. The zero-order valence-corrected chi connectivity index (χ0v) is 5.38. The number of rotatable bonds is 0. The van der Waals surface area contributed by atoms with Gasteiger partial charge in [-0.15, -0.1) is 0 Å². The molecule has 1 aliphatic heterocycles. The average molecular weight is 139 g/mol. The highest BCUT2D eigenvalue weighted by atomic mass is 16.2. The molecule has 52 valence electrons. The Hall–Kier alpha value is -1.41. The summed E-state index contributed by atoms with van der Waals surface area (Å²) in [5.41, 5.74) is -0.0764. The van der Waals surface area contributed by atoms with Gasteiger partial charge in [0.1, 0.15) is 11.5 Å². The number of imide groups is 1. The molecule has 10 heavy (non-hydrogen) atoms. The van der Waals surface area contributed by atoms with E-state index in [-0.39, 0.29) is 17.9 Å². The fourth-order valence-corrected chi connectivity index (χ4v) is 0.741. The minimum atomic E-state index is -0.528. The Morgan fingerprint density at radius 1 is 1.50 bits per heavy atom. The molecule has 0 aromatic heterocycles. The highest BCUT2D eigenvalue weighted by Gasteiger charge is 2.31. The molecule has 0 spiro atoms. The smallest absolute Gasteiger partial charge is 0.267 e. The van der Waals surface area contributed by atoms with Gasteiger partial charge in [0, 0.05) is 7.05 Å². The van der Waals surface area contributed by atoms with Crippen LogP contribution >= 0.6 is 0 Å². The largest absolute Gasteiger partial charge is 0.281 e. The lowest BCUT2D eigenvalue weighted by Gasteiger charge is -2.00. The van der Waals surface area contributed by atoms with Crippen LogP contribution in [0.5, 0.6) is 0 Å². The lowest BCUT2D eigenvalue weighted by molar-refractivity contribution is -0.135. The van der Waals surface area contributed by atoms with Gasteiger partial charge in [-0.3, -0.25) is 14.5 Å². The molecule has 0 aliphatic carbocycles. The first kappa shape index (κ1) is 6.71. The van der Waals surface area contributed by atoms with Crippen molar-refractivity contribution in [1.82, 2.24) is 4.90 Å². The standard InChI is InChI=1S/C6H5NO3/c1-7-5(9)2-4(3-8)6(7)10/h2H2,1H3. The van der Waals surface area contributed by atoms with Crippen LogP contribution in [0.15, 0.2) is 5.57 Å². The van der Waals surface area contributed by atoms with E-state index in [0.29, 0.717) is 0 Å². The number of carbonyl (C=O) groups is 2. The quantitative estimate of drug-likeness (QED) is 0.249. The number of likely N-dealkylation sites (tertiary alicyclic amines) is 1. The predicted molar refractivity (Wildman–Crippen MR) is 31.6 cm³/mol. The monoisotopic (exact) mass is 139 g/mol. The SMILES string of the molecule is CN1C(=O)CC(=C=O)C1=O. The first-order chi connectivity index (χ1) is 4.66. The van der Waals surface area contributed by atoms with E-state index in [0.717, 1.165) is 4.90 Å². The summed E-state index contributed by atoms with van der Waals surface area (Å²) >= 11 is 0. The Kier molecular flexibility index (Phi) is 1.39. The second-order valence-corrected chi connectivity index (χ2v) is 2.02. The Bertz CT molecular complexity index is 250. The average Bonchev–Trinajstić information content (AvgIpc) is 2.17. The lowest BCUT2D eigenvalue weighted by Crippen LogP contribution is -2.23. The van der Waals surface area contributed by atoms with Crippen molar-refractivity contribution in [1.29, 1.82) is 0 Å².